The molecule has 8 heteroatoms. The Kier molecular flexibility index (Phi) is 4.81. The van der Waals surface area contributed by atoms with Crippen LogP contribution in [-0.4, -0.2) is 69.6 Å². The van der Waals surface area contributed by atoms with E-state index in [0.29, 0.717) is 37.5 Å². The minimum Gasteiger partial charge on any atom is -0.385 e. The molecule has 0 saturated heterocycles. The van der Waals surface area contributed by atoms with Gasteiger partial charge in [-0.15, -0.1) is 0 Å². The monoisotopic (exact) mass is 421 g/mol. The zero-order chi connectivity index (χ0) is 21.6. The Labute approximate surface area is 180 Å². The van der Waals surface area contributed by atoms with Crippen LogP contribution >= 0.6 is 0 Å². The number of aromatic amines is 2. The maximum atomic E-state index is 13.3. The van der Waals surface area contributed by atoms with Gasteiger partial charge in [0, 0.05) is 61.4 Å². The van der Waals surface area contributed by atoms with Crippen molar-refractivity contribution in [1.82, 2.24) is 25.0 Å². The summed E-state index contributed by atoms with van der Waals surface area (Å²) >= 11 is 0. The molecule has 3 heterocycles. The van der Waals surface area contributed by atoms with Crippen LogP contribution in [0.3, 0.4) is 0 Å². The molecular weight excluding hydrogens is 394 g/mol. The smallest absolute Gasteiger partial charge is 0.274 e. The Morgan fingerprint density at radius 2 is 2.10 bits per heavy atom. The van der Waals surface area contributed by atoms with E-state index in [9.17, 15) is 9.59 Å². The molecule has 1 saturated carbocycles. The second-order valence-electron chi connectivity index (χ2n) is 8.61. The molecule has 0 unspecified atom stereocenters. The highest BCUT2D eigenvalue weighted by Crippen LogP contribution is 2.44. The molecule has 0 spiro atoms. The molecule has 2 aliphatic rings. The van der Waals surface area contributed by atoms with Crippen LogP contribution < -0.4 is 0 Å². The Morgan fingerprint density at radius 3 is 2.84 bits per heavy atom. The average molecular weight is 422 g/mol. The average Bonchev–Trinajstić information content (AvgIpc) is 3.27. The van der Waals surface area contributed by atoms with Gasteiger partial charge in [-0.3, -0.25) is 14.7 Å². The predicted octanol–water partition coefficient (Wildman–Crippen LogP) is 2.73. The molecular formula is C23H27N5O3. The van der Waals surface area contributed by atoms with Crippen molar-refractivity contribution in [2.24, 2.45) is 0 Å². The Morgan fingerprint density at radius 1 is 1.29 bits per heavy atom. The first-order valence-corrected chi connectivity index (χ1v) is 10.7. The number of H-pyrrole nitrogens is 2. The molecule has 3 aromatic rings. The fraction of sp³-hybridized carbons (Fsp3) is 0.435. The number of nitrogens with one attached hydrogen (secondary N) is 2. The first-order valence-electron chi connectivity index (χ1n) is 10.7. The van der Waals surface area contributed by atoms with E-state index < -0.39 is 0 Å². The van der Waals surface area contributed by atoms with E-state index >= 15 is 0 Å². The number of benzene rings is 1. The maximum absolute atomic E-state index is 13.3. The highest BCUT2D eigenvalue weighted by Gasteiger charge is 2.48. The van der Waals surface area contributed by atoms with E-state index in [4.69, 9.17) is 4.74 Å². The van der Waals surface area contributed by atoms with Gasteiger partial charge < -0.3 is 19.5 Å². The molecule has 1 aromatic carbocycles. The van der Waals surface area contributed by atoms with Crippen molar-refractivity contribution in [3.63, 3.8) is 0 Å². The summed E-state index contributed by atoms with van der Waals surface area (Å²) in [4.78, 5) is 33.3. The molecule has 162 valence electrons. The fourth-order valence-corrected chi connectivity index (χ4v) is 4.57. The maximum Gasteiger partial charge on any atom is 0.274 e. The van der Waals surface area contributed by atoms with Crippen LogP contribution in [0.25, 0.3) is 10.9 Å². The third-order valence-corrected chi connectivity index (χ3v) is 6.80. The summed E-state index contributed by atoms with van der Waals surface area (Å²) in [5.74, 6) is -0.153. The summed E-state index contributed by atoms with van der Waals surface area (Å²) in [6, 6.07) is 9.72. The molecule has 5 rings (SSSR count). The molecule has 0 atom stereocenters. The fourth-order valence-electron chi connectivity index (χ4n) is 4.57. The second kappa shape index (κ2) is 7.53. The zero-order valence-corrected chi connectivity index (χ0v) is 17.9. The van der Waals surface area contributed by atoms with Gasteiger partial charge in [0.25, 0.3) is 11.8 Å². The van der Waals surface area contributed by atoms with Gasteiger partial charge in [0.2, 0.25) is 0 Å². The summed E-state index contributed by atoms with van der Waals surface area (Å²) in [7, 11) is 3.53. The van der Waals surface area contributed by atoms with E-state index in [2.05, 4.69) is 15.2 Å². The molecule has 1 aliphatic heterocycles. The number of fused-ring (bicyclic) bond motifs is 2. The number of rotatable bonds is 6. The highest BCUT2D eigenvalue weighted by atomic mass is 16.5. The van der Waals surface area contributed by atoms with E-state index in [0.717, 1.165) is 41.4 Å². The van der Waals surface area contributed by atoms with Gasteiger partial charge in [0.15, 0.2) is 5.69 Å². The van der Waals surface area contributed by atoms with Crippen LogP contribution in [0.2, 0.25) is 0 Å². The Balaban J connectivity index is 1.36. The molecule has 0 radical (unpaired) electrons. The van der Waals surface area contributed by atoms with Crippen LogP contribution in [0.4, 0.5) is 0 Å². The molecule has 8 nitrogen and oxygen atoms in total. The van der Waals surface area contributed by atoms with Crippen molar-refractivity contribution in [2.75, 3.05) is 27.3 Å². The van der Waals surface area contributed by atoms with Crippen molar-refractivity contribution in [2.45, 2.75) is 37.8 Å². The number of carbonyl (C=O) groups is 2. The second-order valence-corrected chi connectivity index (χ2v) is 8.61. The van der Waals surface area contributed by atoms with Crippen molar-refractivity contribution < 1.29 is 14.3 Å². The number of amides is 2. The van der Waals surface area contributed by atoms with Crippen LogP contribution in [0.1, 0.15) is 51.5 Å². The quantitative estimate of drug-likeness (QED) is 0.640. The lowest BCUT2D eigenvalue weighted by atomic mass is 10.0. The zero-order valence-electron chi connectivity index (χ0n) is 17.9. The van der Waals surface area contributed by atoms with E-state index in [1.54, 1.807) is 12.0 Å². The van der Waals surface area contributed by atoms with Gasteiger partial charge >= 0.3 is 0 Å². The largest absolute Gasteiger partial charge is 0.385 e. The molecule has 1 fully saturated rings. The number of ether oxygens (including phenoxy) is 1. The van der Waals surface area contributed by atoms with E-state index in [-0.39, 0.29) is 17.4 Å². The third-order valence-electron chi connectivity index (χ3n) is 6.80. The van der Waals surface area contributed by atoms with Gasteiger partial charge in [-0.1, -0.05) is 18.2 Å². The summed E-state index contributed by atoms with van der Waals surface area (Å²) in [6.45, 7) is 1.59. The number of methoxy groups -OCH3 is 1. The van der Waals surface area contributed by atoms with Gasteiger partial charge in [-0.05, 0) is 31.4 Å². The van der Waals surface area contributed by atoms with Gasteiger partial charge in [-0.2, -0.15) is 5.10 Å². The summed E-state index contributed by atoms with van der Waals surface area (Å²) < 4.78 is 5.23. The lowest BCUT2D eigenvalue weighted by Crippen LogP contribution is -2.41. The number of hydrogen-bond acceptors (Lipinski definition) is 4. The van der Waals surface area contributed by atoms with Crippen molar-refractivity contribution in [1.29, 1.82) is 0 Å². The molecule has 2 amide bonds. The van der Waals surface area contributed by atoms with Crippen LogP contribution in [-0.2, 0) is 17.7 Å². The topological polar surface area (TPSA) is 94.3 Å². The normalized spacial score (nSPS) is 16.9. The summed E-state index contributed by atoms with van der Waals surface area (Å²) in [5.41, 5.74) is 3.57. The lowest BCUT2D eigenvalue weighted by Gasteiger charge is -2.29. The van der Waals surface area contributed by atoms with Crippen LogP contribution in [0, 0.1) is 0 Å². The molecule has 2 N–H and O–H groups in total. The van der Waals surface area contributed by atoms with Crippen LogP contribution in [0.5, 0.6) is 0 Å². The summed E-state index contributed by atoms with van der Waals surface area (Å²) in [5, 5.41) is 8.39. The van der Waals surface area contributed by atoms with Gasteiger partial charge in [-0.25, -0.2) is 0 Å². The number of para-hydroxylation sites is 1. The molecule has 0 bridgehead atoms. The number of aromatic nitrogens is 3. The lowest BCUT2D eigenvalue weighted by molar-refractivity contribution is 0.0643. The number of hydrogen-bond donors (Lipinski definition) is 2. The van der Waals surface area contributed by atoms with Gasteiger partial charge in [0.05, 0.1) is 6.54 Å². The van der Waals surface area contributed by atoms with E-state index in [1.807, 2.05) is 42.3 Å². The molecule has 2 aromatic heterocycles. The third kappa shape index (κ3) is 3.40. The number of nitrogens with zero attached hydrogens (tertiary/aromatic N) is 3. The summed E-state index contributed by atoms with van der Waals surface area (Å²) in [6.07, 6.45) is 3.44. The first-order chi connectivity index (χ1) is 15.0. The Bertz CT molecular complexity index is 1110. The first kappa shape index (κ1) is 19.8. The van der Waals surface area contributed by atoms with Crippen LogP contribution in [0.15, 0.2) is 30.3 Å². The SMILES string of the molecule is COCCC1(N(C)C(=O)c2n[nH]c3c2CN(C(=O)c2cc4ccccc4[nH]2)CC3)CC1. The minimum absolute atomic E-state index is 0.0615. The highest BCUT2D eigenvalue weighted by molar-refractivity contribution is 5.99. The minimum atomic E-state index is -0.131. The predicted molar refractivity (Wildman–Crippen MR) is 116 cm³/mol. The Hall–Kier alpha value is -3.13. The van der Waals surface area contributed by atoms with E-state index in [1.165, 1.54) is 0 Å². The molecule has 1 aliphatic carbocycles. The van der Waals surface area contributed by atoms with Crippen molar-refractivity contribution >= 4 is 22.7 Å². The molecule has 31 heavy (non-hydrogen) atoms. The standard InChI is InChI=1S/C23H27N5O3/c1-27(23(8-9-23)10-12-31-2)22(30)20-16-14-28(11-7-18(16)25-26-20)21(29)19-13-15-5-3-4-6-17(15)24-19/h3-6,13,24H,7-12,14H2,1-2H3,(H,25,26). The van der Waals surface area contributed by atoms with Gasteiger partial charge in [0.1, 0.15) is 5.69 Å². The number of carbonyl (C=O) groups excluding carboxylic acids is 2. The van der Waals surface area contributed by atoms with Crippen molar-refractivity contribution in [3.8, 4) is 0 Å². The van der Waals surface area contributed by atoms with Crippen molar-refractivity contribution in [3.05, 3.63) is 53.0 Å².